The van der Waals surface area contributed by atoms with E-state index in [-0.39, 0.29) is 41.3 Å². The monoisotopic (exact) mass is 405 g/mol. The summed E-state index contributed by atoms with van der Waals surface area (Å²) in [7, 11) is 0. The van der Waals surface area contributed by atoms with Crippen molar-refractivity contribution >= 4 is 11.8 Å². The maximum absolute atomic E-state index is 12.7. The molecule has 0 amide bonds. The van der Waals surface area contributed by atoms with Crippen molar-refractivity contribution < 1.29 is 19.4 Å². The minimum Gasteiger partial charge on any atom is -0.462 e. The number of aliphatic hydroxyl groups excluding tert-OH is 1. The van der Waals surface area contributed by atoms with Crippen LogP contribution in [-0.2, 0) is 14.3 Å². The Morgan fingerprint density at radius 1 is 1.21 bits per heavy atom. The number of carbonyl (C=O) groups is 2. The van der Waals surface area contributed by atoms with Crippen molar-refractivity contribution in [3.05, 3.63) is 0 Å². The molecule has 0 bridgehead atoms. The van der Waals surface area contributed by atoms with Crippen LogP contribution in [0.4, 0.5) is 0 Å². The minimum absolute atomic E-state index is 0.0209. The molecular formula is C24H39NO4. The molecule has 5 nitrogen and oxygen atoms in total. The van der Waals surface area contributed by atoms with Gasteiger partial charge >= 0.3 is 5.97 Å². The molecule has 0 heterocycles. The second kappa shape index (κ2) is 7.64. The highest BCUT2D eigenvalue weighted by Crippen LogP contribution is 2.66. The van der Waals surface area contributed by atoms with Gasteiger partial charge in [0.05, 0.1) is 5.92 Å². The fraction of sp³-hybridized carbons (Fsp3) is 0.917. The molecule has 2 unspecified atom stereocenters. The molecule has 164 valence electrons. The van der Waals surface area contributed by atoms with Gasteiger partial charge in [-0.3, -0.25) is 9.59 Å². The number of ether oxygens (including phenoxy) is 1. The quantitative estimate of drug-likeness (QED) is 0.700. The maximum Gasteiger partial charge on any atom is 0.310 e. The Morgan fingerprint density at radius 3 is 2.66 bits per heavy atom. The van der Waals surface area contributed by atoms with Gasteiger partial charge in [0.15, 0.2) is 0 Å². The second-order valence-corrected chi connectivity index (χ2v) is 11.1. The van der Waals surface area contributed by atoms with E-state index in [9.17, 15) is 14.7 Å². The number of esters is 1. The van der Waals surface area contributed by atoms with Crippen LogP contribution in [0.1, 0.15) is 72.1 Å². The molecular weight excluding hydrogens is 366 g/mol. The van der Waals surface area contributed by atoms with E-state index in [4.69, 9.17) is 10.5 Å². The highest BCUT2D eigenvalue weighted by Gasteiger charge is 2.62. The van der Waals surface area contributed by atoms with Crippen molar-refractivity contribution in [2.24, 2.45) is 52.1 Å². The fourth-order valence-corrected chi connectivity index (χ4v) is 7.83. The first kappa shape index (κ1) is 21.3. The summed E-state index contributed by atoms with van der Waals surface area (Å²) in [5, 5.41) is 10.3. The largest absolute Gasteiger partial charge is 0.462 e. The zero-order valence-electron chi connectivity index (χ0n) is 18.4. The van der Waals surface area contributed by atoms with Gasteiger partial charge in [0.1, 0.15) is 11.9 Å². The van der Waals surface area contributed by atoms with E-state index in [1.807, 2.05) is 6.92 Å². The molecule has 0 aliphatic heterocycles. The first-order chi connectivity index (χ1) is 13.7. The Balaban J connectivity index is 1.54. The standard InChI is InChI=1S/C24H39NO4/c1-14(12-25)22(28)29-17-6-8-23(2)16(11-17)10-15(13-26)21-18-4-5-20(27)24(18,3)9-7-19(21)23/h14-19,21,26H,4-13,25H2,1-3H3/t14?,15-,16?,17-,18-,19-,21-,23-,24-/m0/s1. The Bertz CT molecular complexity index is 665. The number of nitrogens with two attached hydrogens (primary N) is 1. The lowest BCUT2D eigenvalue weighted by Crippen LogP contribution is -2.57. The average Bonchev–Trinajstić information content (AvgIpc) is 3.01. The lowest BCUT2D eigenvalue weighted by molar-refractivity contribution is -0.174. The summed E-state index contributed by atoms with van der Waals surface area (Å²) in [5.41, 5.74) is 5.69. The predicted molar refractivity (Wildman–Crippen MR) is 111 cm³/mol. The molecule has 29 heavy (non-hydrogen) atoms. The number of Topliss-reactive ketones (excluding diaryl/α,β-unsaturated/α-hetero) is 1. The summed E-state index contributed by atoms with van der Waals surface area (Å²) in [6.45, 7) is 7.00. The number of hydrogen-bond donors (Lipinski definition) is 2. The van der Waals surface area contributed by atoms with E-state index >= 15 is 0 Å². The number of rotatable bonds is 4. The van der Waals surface area contributed by atoms with Crippen LogP contribution in [0, 0.1) is 46.3 Å². The first-order valence-corrected chi connectivity index (χ1v) is 11.8. The molecule has 5 heteroatoms. The third kappa shape index (κ3) is 3.27. The molecule has 4 aliphatic carbocycles. The van der Waals surface area contributed by atoms with Gasteiger partial charge in [0, 0.05) is 25.0 Å². The van der Waals surface area contributed by atoms with Crippen molar-refractivity contribution in [3.8, 4) is 0 Å². The molecule has 3 N–H and O–H groups in total. The number of carbonyl (C=O) groups excluding carboxylic acids is 2. The first-order valence-electron chi connectivity index (χ1n) is 11.8. The predicted octanol–water partition coefficient (Wildman–Crippen LogP) is 3.32. The molecule has 9 atom stereocenters. The van der Waals surface area contributed by atoms with E-state index in [1.54, 1.807) is 0 Å². The number of fused-ring (bicyclic) bond motifs is 5. The molecule has 4 rings (SSSR count). The van der Waals surface area contributed by atoms with Crippen LogP contribution < -0.4 is 5.73 Å². The minimum atomic E-state index is -0.250. The average molecular weight is 406 g/mol. The van der Waals surface area contributed by atoms with Crippen LogP contribution in [0.25, 0.3) is 0 Å². The summed E-state index contributed by atoms with van der Waals surface area (Å²) in [5.74, 6) is 2.24. The van der Waals surface area contributed by atoms with E-state index in [0.29, 0.717) is 36.0 Å². The van der Waals surface area contributed by atoms with E-state index in [2.05, 4.69) is 13.8 Å². The zero-order valence-corrected chi connectivity index (χ0v) is 18.4. The smallest absolute Gasteiger partial charge is 0.310 e. The number of aliphatic hydroxyl groups is 1. The summed E-state index contributed by atoms with van der Waals surface area (Å²) in [6, 6.07) is 0. The van der Waals surface area contributed by atoms with E-state index in [1.165, 1.54) is 0 Å². The summed E-state index contributed by atoms with van der Waals surface area (Å²) in [4.78, 5) is 24.9. The fourth-order valence-electron chi connectivity index (χ4n) is 7.83. The van der Waals surface area contributed by atoms with Crippen LogP contribution in [-0.4, -0.2) is 36.1 Å². The molecule has 0 radical (unpaired) electrons. The molecule has 4 aliphatic rings. The molecule has 0 spiro atoms. The molecule has 4 saturated carbocycles. The Kier molecular flexibility index (Phi) is 5.61. The lowest BCUT2D eigenvalue weighted by atomic mass is 9.43. The Hall–Kier alpha value is -0.940. The van der Waals surface area contributed by atoms with Gasteiger partial charge in [0.25, 0.3) is 0 Å². The van der Waals surface area contributed by atoms with Crippen LogP contribution in [0.15, 0.2) is 0 Å². The Labute approximate surface area is 175 Å². The molecule has 0 aromatic rings. The topological polar surface area (TPSA) is 89.6 Å². The van der Waals surface area contributed by atoms with Crippen molar-refractivity contribution in [1.82, 2.24) is 0 Å². The highest BCUT2D eigenvalue weighted by atomic mass is 16.5. The van der Waals surface area contributed by atoms with Crippen molar-refractivity contribution in [2.45, 2.75) is 78.2 Å². The van der Waals surface area contributed by atoms with Crippen LogP contribution in [0.3, 0.4) is 0 Å². The third-order valence-corrected chi connectivity index (χ3v) is 9.78. The SMILES string of the molecule is CC(CN)C(=O)O[C@H]1CC[C@@]2(C)C(C1)C[C@@H](CO)[C@@H]1[C@@H]2CC[C@]2(C)C(=O)CC[C@@H]12. The van der Waals surface area contributed by atoms with Gasteiger partial charge in [-0.15, -0.1) is 0 Å². The van der Waals surface area contributed by atoms with Gasteiger partial charge in [-0.2, -0.15) is 0 Å². The van der Waals surface area contributed by atoms with Crippen molar-refractivity contribution in [1.29, 1.82) is 0 Å². The van der Waals surface area contributed by atoms with Gasteiger partial charge in [-0.1, -0.05) is 20.8 Å². The van der Waals surface area contributed by atoms with Crippen LogP contribution >= 0.6 is 0 Å². The highest BCUT2D eigenvalue weighted by molar-refractivity contribution is 5.87. The van der Waals surface area contributed by atoms with Gasteiger partial charge in [0.2, 0.25) is 0 Å². The lowest BCUT2D eigenvalue weighted by Gasteiger charge is -2.62. The summed E-state index contributed by atoms with van der Waals surface area (Å²) >= 11 is 0. The van der Waals surface area contributed by atoms with Crippen LogP contribution in [0.5, 0.6) is 0 Å². The Morgan fingerprint density at radius 2 is 1.97 bits per heavy atom. The second-order valence-electron chi connectivity index (χ2n) is 11.1. The molecule has 0 saturated heterocycles. The normalized spacial score (nSPS) is 47.7. The summed E-state index contributed by atoms with van der Waals surface area (Å²) in [6.07, 6.45) is 7.70. The van der Waals surface area contributed by atoms with E-state index in [0.717, 1.165) is 51.4 Å². The third-order valence-electron chi connectivity index (χ3n) is 9.78. The maximum atomic E-state index is 12.7. The van der Waals surface area contributed by atoms with Gasteiger partial charge in [-0.05, 0) is 80.0 Å². The number of hydrogen-bond acceptors (Lipinski definition) is 5. The van der Waals surface area contributed by atoms with Gasteiger partial charge in [-0.25, -0.2) is 0 Å². The van der Waals surface area contributed by atoms with Crippen LogP contribution in [0.2, 0.25) is 0 Å². The molecule has 4 fully saturated rings. The van der Waals surface area contributed by atoms with Crippen molar-refractivity contribution in [3.63, 3.8) is 0 Å². The molecule has 0 aromatic heterocycles. The van der Waals surface area contributed by atoms with Gasteiger partial charge < -0.3 is 15.6 Å². The van der Waals surface area contributed by atoms with E-state index < -0.39 is 0 Å². The number of ketones is 1. The summed E-state index contributed by atoms with van der Waals surface area (Å²) < 4.78 is 5.82. The molecule has 0 aromatic carbocycles. The van der Waals surface area contributed by atoms with Crippen molar-refractivity contribution in [2.75, 3.05) is 13.2 Å². The zero-order chi connectivity index (χ0) is 21.0.